The van der Waals surface area contributed by atoms with Crippen LogP contribution < -0.4 is 5.46 Å². The zero-order chi connectivity index (χ0) is 17.1. The first-order chi connectivity index (χ1) is 10.8. The van der Waals surface area contributed by atoms with E-state index in [0.29, 0.717) is 0 Å². The van der Waals surface area contributed by atoms with Crippen LogP contribution >= 0.6 is 22.6 Å². The van der Waals surface area contributed by atoms with Crippen molar-refractivity contribution in [2.45, 2.75) is 84.3 Å². The maximum absolute atomic E-state index is 6.14. The minimum absolute atomic E-state index is 0.257. The lowest BCUT2D eigenvalue weighted by atomic mass is 9.78. The molecular weight excluding hydrogens is 398 g/mol. The molecule has 1 aliphatic rings. The van der Waals surface area contributed by atoms with Crippen molar-refractivity contribution in [3.05, 3.63) is 27.3 Å². The molecular formula is C19H30BIO2. The number of benzene rings is 1. The third-order valence-electron chi connectivity index (χ3n) is 5.15. The molecule has 1 aliphatic heterocycles. The van der Waals surface area contributed by atoms with Gasteiger partial charge < -0.3 is 9.31 Å². The predicted molar refractivity (Wildman–Crippen MR) is 107 cm³/mol. The van der Waals surface area contributed by atoms with Crippen LogP contribution in [0.4, 0.5) is 0 Å². The van der Waals surface area contributed by atoms with Gasteiger partial charge in [0, 0.05) is 3.57 Å². The molecule has 1 fully saturated rings. The van der Waals surface area contributed by atoms with Gasteiger partial charge >= 0.3 is 7.12 Å². The molecule has 1 saturated heterocycles. The Morgan fingerprint density at radius 1 is 0.957 bits per heavy atom. The molecule has 2 nitrogen and oxygen atoms in total. The molecule has 0 amide bonds. The highest BCUT2D eigenvalue weighted by Gasteiger charge is 2.51. The van der Waals surface area contributed by atoms with Crippen LogP contribution in [0.2, 0.25) is 0 Å². The normalized spacial score (nSPS) is 19.3. The Morgan fingerprint density at radius 2 is 1.57 bits per heavy atom. The van der Waals surface area contributed by atoms with Gasteiger partial charge in [0.05, 0.1) is 11.2 Å². The summed E-state index contributed by atoms with van der Waals surface area (Å²) in [5, 5.41) is 0. The Kier molecular flexibility index (Phi) is 6.60. The van der Waals surface area contributed by atoms with Crippen LogP contribution in [0.15, 0.2) is 18.2 Å². The second-order valence-corrected chi connectivity index (χ2v) is 8.77. The van der Waals surface area contributed by atoms with E-state index < -0.39 is 0 Å². The first-order valence-electron chi connectivity index (χ1n) is 8.91. The summed E-state index contributed by atoms with van der Waals surface area (Å²) in [5.41, 5.74) is 2.02. The van der Waals surface area contributed by atoms with Gasteiger partial charge in [-0.05, 0) is 80.2 Å². The fourth-order valence-corrected chi connectivity index (χ4v) is 3.62. The van der Waals surface area contributed by atoms with E-state index in [0.717, 1.165) is 5.46 Å². The van der Waals surface area contributed by atoms with Crippen LogP contribution in [0.3, 0.4) is 0 Å². The molecule has 23 heavy (non-hydrogen) atoms. The average Bonchev–Trinajstić information content (AvgIpc) is 2.68. The third kappa shape index (κ3) is 4.73. The second-order valence-electron chi connectivity index (χ2n) is 7.60. The Balaban J connectivity index is 1.97. The van der Waals surface area contributed by atoms with Crippen molar-refractivity contribution < 1.29 is 9.31 Å². The monoisotopic (exact) mass is 428 g/mol. The highest BCUT2D eigenvalue weighted by Crippen LogP contribution is 2.36. The van der Waals surface area contributed by atoms with Crippen molar-refractivity contribution in [2.24, 2.45) is 0 Å². The molecule has 0 saturated carbocycles. The molecule has 0 spiro atoms. The van der Waals surface area contributed by atoms with Crippen LogP contribution in [0.1, 0.15) is 72.3 Å². The summed E-state index contributed by atoms with van der Waals surface area (Å²) in [6.45, 7) is 10.7. The summed E-state index contributed by atoms with van der Waals surface area (Å²) >= 11 is 2.45. The smallest absolute Gasteiger partial charge is 0.399 e. The van der Waals surface area contributed by atoms with Gasteiger partial charge in [0.1, 0.15) is 0 Å². The number of rotatable bonds is 7. The van der Waals surface area contributed by atoms with Crippen molar-refractivity contribution in [1.29, 1.82) is 0 Å². The van der Waals surface area contributed by atoms with Gasteiger partial charge in [-0.15, -0.1) is 0 Å². The van der Waals surface area contributed by atoms with Gasteiger partial charge in [-0.3, -0.25) is 0 Å². The molecule has 4 heteroatoms. The molecule has 0 aliphatic carbocycles. The number of hydrogen-bond donors (Lipinski definition) is 0. The molecule has 1 heterocycles. The van der Waals surface area contributed by atoms with Crippen molar-refractivity contribution in [3.63, 3.8) is 0 Å². The standard InChI is InChI=1S/C19H30BIO2/c1-6-7-8-9-10-11-15-12-13-16(14-17(15)21)20-22-18(2,3)19(4,5)23-20/h12-14H,6-11H2,1-5H3. The van der Waals surface area contributed by atoms with Gasteiger partial charge in [0.2, 0.25) is 0 Å². The quantitative estimate of drug-likeness (QED) is 0.342. The van der Waals surface area contributed by atoms with Crippen LogP contribution in [0, 0.1) is 3.57 Å². The van der Waals surface area contributed by atoms with E-state index in [-0.39, 0.29) is 18.3 Å². The number of halogens is 1. The van der Waals surface area contributed by atoms with Gasteiger partial charge in [-0.1, -0.05) is 44.7 Å². The lowest BCUT2D eigenvalue weighted by Crippen LogP contribution is -2.41. The summed E-state index contributed by atoms with van der Waals surface area (Å²) in [7, 11) is -0.257. The fourth-order valence-electron chi connectivity index (χ4n) is 2.81. The highest BCUT2D eigenvalue weighted by atomic mass is 127. The zero-order valence-electron chi connectivity index (χ0n) is 15.2. The van der Waals surface area contributed by atoms with Crippen molar-refractivity contribution in [3.8, 4) is 0 Å². The molecule has 0 N–H and O–H groups in total. The van der Waals surface area contributed by atoms with E-state index >= 15 is 0 Å². The molecule has 1 aromatic rings. The summed E-state index contributed by atoms with van der Waals surface area (Å²) in [4.78, 5) is 0. The maximum atomic E-state index is 6.14. The molecule has 0 atom stereocenters. The number of aryl methyl sites for hydroxylation is 1. The Labute approximate surface area is 156 Å². The lowest BCUT2D eigenvalue weighted by molar-refractivity contribution is 0.00578. The van der Waals surface area contributed by atoms with Crippen molar-refractivity contribution in [2.75, 3.05) is 0 Å². The summed E-state index contributed by atoms with van der Waals surface area (Å²) < 4.78 is 13.6. The molecule has 0 radical (unpaired) electrons. The first kappa shape index (κ1) is 19.3. The molecule has 1 aromatic carbocycles. The van der Waals surface area contributed by atoms with E-state index in [1.165, 1.54) is 47.7 Å². The minimum atomic E-state index is -0.277. The van der Waals surface area contributed by atoms with E-state index in [9.17, 15) is 0 Å². The highest BCUT2D eigenvalue weighted by molar-refractivity contribution is 14.1. The van der Waals surface area contributed by atoms with Crippen molar-refractivity contribution >= 4 is 35.2 Å². The van der Waals surface area contributed by atoms with Gasteiger partial charge in [0.25, 0.3) is 0 Å². The number of unbranched alkanes of at least 4 members (excludes halogenated alkanes) is 4. The molecule has 0 aromatic heterocycles. The van der Waals surface area contributed by atoms with E-state index in [4.69, 9.17) is 9.31 Å². The second kappa shape index (κ2) is 7.88. The Hall–Kier alpha value is -0.0651. The van der Waals surface area contributed by atoms with E-state index in [1.807, 2.05) is 0 Å². The molecule has 2 rings (SSSR count). The largest absolute Gasteiger partial charge is 0.494 e. The van der Waals surface area contributed by atoms with Gasteiger partial charge in [-0.2, -0.15) is 0 Å². The zero-order valence-corrected chi connectivity index (χ0v) is 17.4. The summed E-state index contributed by atoms with van der Waals surface area (Å²) in [6.07, 6.45) is 7.82. The fraction of sp³-hybridized carbons (Fsp3) is 0.684. The Morgan fingerprint density at radius 3 is 2.13 bits per heavy atom. The van der Waals surface area contributed by atoms with E-state index in [2.05, 4.69) is 75.4 Å². The van der Waals surface area contributed by atoms with Crippen LogP contribution in [-0.2, 0) is 15.7 Å². The summed E-state index contributed by atoms with van der Waals surface area (Å²) in [6, 6.07) is 6.65. The Bertz CT molecular complexity index is 512. The van der Waals surface area contributed by atoms with Crippen molar-refractivity contribution in [1.82, 2.24) is 0 Å². The molecule has 0 bridgehead atoms. The SMILES string of the molecule is CCCCCCCc1ccc(B2OC(C)(C)C(C)(C)O2)cc1I. The van der Waals surface area contributed by atoms with Crippen LogP contribution in [-0.4, -0.2) is 18.3 Å². The molecule has 128 valence electrons. The minimum Gasteiger partial charge on any atom is -0.399 e. The van der Waals surface area contributed by atoms with E-state index in [1.54, 1.807) is 0 Å². The van der Waals surface area contributed by atoms with Gasteiger partial charge in [-0.25, -0.2) is 0 Å². The average molecular weight is 428 g/mol. The lowest BCUT2D eigenvalue weighted by Gasteiger charge is -2.32. The molecule has 0 unspecified atom stereocenters. The summed E-state index contributed by atoms with van der Waals surface area (Å²) in [5.74, 6) is 0. The third-order valence-corrected chi connectivity index (χ3v) is 6.16. The van der Waals surface area contributed by atoms with Crippen LogP contribution in [0.5, 0.6) is 0 Å². The predicted octanol–water partition coefficient (Wildman–Crippen LogP) is 5.10. The number of hydrogen-bond acceptors (Lipinski definition) is 2. The van der Waals surface area contributed by atoms with Gasteiger partial charge in [0.15, 0.2) is 0 Å². The van der Waals surface area contributed by atoms with Crippen LogP contribution in [0.25, 0.3) is 0 Å². The first-order valence-corrected chi connectivity index (χ1v) is 9.98. The topological polar surface area (TPSA) is 18.5 Å². The maximum Gasteiger partial charge on any atom is 0.494 e.